The molecule has 0 aromatic carbocycles. The van der Waals surface area contributed by atoms with Crippen LogP contribution in [0.4, 0.5) is 0 Å². The van der Waals surface area contributed by atoms with E-state index >= 15 is 0 Å². The smallest absolute Gasteiger partial charge is 0.00916 e. The number of nitrogens with zero attached hydrogens (tertiary/aromatic N) is 1. The van der Waals surface area contributed by atoms with Crippen molar-refractivity contribution in [2.45, 2.75) is 58.9 Å². The predicted octanol–water partition coefficient (Wildman–Crippen LogP) is 3.54. The molecule has 0 spiro atoms. The molecule has 1 nitrogen and oxygen atoms in total. The summed E-state index contributed by atoms with van der Waals surface area (Å²) in [5.41, 5.74) is 0. The van der Waals surface area contributed by atoms with Gasteiger partial charge >= 0.3 is 0 Å². The van der Waals surface area contributed by atoms with Gasteiger partial charge in [-0.05, 0) is 32.9 Å². The molecule has 0 heterocycles. The van der Waals surface area contributed by atoms with E-state index in [9.17, 15) is 0 Å². The summed E-state index contributed by atoms with van der Waals surface area (Å²) in [5, 5.41) is 0. The van der Waals surface area contributed by atoms with Crippen LogP contribution in [0, 0.1) is 5.92 Å². The first-order chi connectivity index (χ1) is 6.11. The molecule has 13 heavy (non-hydrogen) atoms. The Hall–Kier alpha value is -0.0400. The standard InChI is InChI=1S/C12H27N/c1-6-8-11(3)10-12(9-7-2)13(4)5/h11-12H,6-10H2,1-5H3/t11?,12-/m0/s1. The molecule has 80 valence electrons. The summed E-state index contributed by atoms with van der Waals surface area (Å²) in [6.07, 6.45) is 6.74. The molecule has 1 unspecified atom stereocenters. The monoisotopic (exact) mass is 185 g/mol. The molecular formula is C12H27N. The first-order valence-corrected chi connectivity index (χ1v) is 5.78. The van der Waals surface area contributed by atoms with E-state index in [-0.39, 0.29) is 0 Å². The van der Waals surface area contributed by atoms with Crippen LogP contribution in [0.25, 0.3) is 0 Å². The fourth-order valence-electron chi connectivity index (χ4n) is 2.00. The van der Waals surface area contributed by atoms with Crippen molar-refractivity contribution in [3.63, 3.8) is 0 Å². The maximum absolute atomic E-state index is 2.38. The minimum atomic E-state index is 0.798. The van der Waals surface area contributed by atoms with E-state index in [1.54, 1.807) is 0 Å². The van der Waals surface area contributed by atoms with Crippen LogP contribution in [0.2, 0.25) is 0 Å². The minimum Gasteiger partial charge on any atom is -0.306 e. The van der Waals surface area contributed by atoms with Crippen LogP contribution < -0.4 is 0 Å². The van der Waals surface area contributed by atoms with Crippen LogP contribution in [0.15, 0.2) is 0 Å². The minimum absolute atomic E-state index is 0.798. The van der Waals surface area contributed by atoms with Crippen LogP contribution in [0.3, 0.4) is 0 Å². The average molecular weight is 185 g/mol. The topological polar surface area (TPSA) is 3.24 Å². The molecule has 0 aliphatic carbocycles. The van der Waals surface area contributed by atoms with Gasteiger partial charge in [-0.25, -0.2) is 0 Å². The summed E-state index contributed by atoms with van der Waals surface area (Å²) >= 11 is 0. The lowest BCUT2D eigenvalue weighted by molar-refractivity contribution is 0.230. The Morgan fingerprint density at radius 1 is 1.00 bits per heavy atom. The van der Waals surface area contributed by atoms with Gasteiger partial charge in [0.1, 0.15) is 0 Å². The van der Waals surface area contributed by atoms with E-state index in [2.05, 4.69) is 39.8 Å². The summed E-state index contributed by atoms with van der Waals surface area (Å²) in [6, 6.07) is 0.798. The second kappa shape index (κ2) is 7.37. The first kappa shape index (κ1) is 13.0. The molecule has 1 heteroatoms. The fourth-order valence-corrected chi connectivity index (χ4v) is 2.00. The maximum atomic E-state index is 2.38. The van der Waals surface area contributed by atoms with Crippen molar-refractivity contribution < 1.29 is 0 Å². The Morgan fingerprint density at radius 2 is 1.54 bits per heavy atom. The zero-order valence-electron chi connectivity index (χ0n) is 10.1. The van der Waals surface area contributed by atoms with Crippen molar-refractivity contribution in [3.8, 4) is 0 Å². The summed E-state index contributed by atoms with van der Waals surface area (Å²) < 4.78 is 0. The highest BCUT2D eigenvalue weighted by molar-refractivity contribution is 4.68. The third-order valence-electron chi connectivity index (χ3n) is 2.81. The molecule has 0 aliphatic rings. The summed E-state index contributed by atoms with van der Waals surface area (Å²) in [7, 11) is 4.41. The van der Waals surface area contributed by atoms with Crippen molar-refractivity contribution in [2.75, 3.05) is 14.1 Å². The molecule has 0 rings (SSSR count). The highest BCUT2D eigenvalue weighted by Gasteiger charge is 2.13. The molecule has 0 aromatic rings. The Morgan fingerprint density at radius 3 is 1.92 bits per heavy atom. The van der Waals surface area contributed by atoms with Gasteiger partial charge in [0.15, 0.2) is 0 Å². The van der Waals surface area contributed by atoms with Crippen molar-refractivity contribution >= 4 is 0 Å². The second-order valence-corrected chi connectivity index (χ2v) is 4.54. The number of hydrogen-bond donors (Lipinski definition) is 0. The Labute approximate surface area is 84.5 Å². The van der Waals surface area contributed by atoms with Crippen molar-refractivity contribution in [3.05, 3.63) is 0 Å². The molecule has 0 aliphatic heterocycles. The normalized spacial score (nSPS) is 16.2. The van der Waals surface area contributed by atoms with Crippen molar-refractivity contribution in [2.24, 2.45) is 5.92 Å². The van der Waals surface area contributed by atoms with Crippen LogP contribution in [-0.4, -0.2) is 25.0 Å². The molecule has 0 fully saturated rings. The largest absolute Gasteiger partial charge is 0.306 e. The lowest BCUT2D eigenvalue weighted by Crippen LogP contribution is -2.29. The van der Waals surface area contributed by atoms with Gasteiger partial charge in [0.2, 0.25) is 0 Å². The van der Waals surface area contributed by atoms with E-state index in [4.69, 9.17) is 0 Å². The van der Waals surface area contributed by atoms with Gasteiger partial charge in [-0.2, -0.15) is 0 Å². The third kappa shape index (κ3) is 6.09. The maximum Gasteiger partial charge on any atom is 0.00916 e. The van der Waals surface area contributed by atoms with E-state index in [0.29, 0.717) is 0 Å². The van der Waals surface area contributed by atoms with Gasteiger partial charge in [-0.3, -0.25) is 0 Å². The number of hydrogen-bond acceptors (Lipinski definition) is 1. The zero-order valence-corrected chi connectivity index (χ0v) is 10.1. The molecule has 0 amide bonds. The molecule has 0 saturated carbocycles. The molecule has 0 N–H and O–H groups in total. The van der Waals surface area contributed by atoms with Crippen molar-refractivity contribution in [1.82, 2.24) is 4.90 Å². The van der Waals surface area contributed by atoms with E-state index in [0.717, 1.165) is 12.0 Å². The van der Waals surface area contributed by atoms with Gasteiger partial charge in [0, 0.05) is 6.04 Å². The summed E-state index contributed by atoms with van der Waals surface area (Å²) in [5.74, 6) is 0.893. The molecule has 0 saturated heterocycles. The number of rotatable bonds is 7. The third-order valence-corrected chi connectivity index (χ3v) is 2.81. The van der Waals surface area contributed by atoms with Gasteiger partial charge < -0.3 is 4.90 Å². The zero-order chi connectivity index (χ0) is 10.3. The predicted molar refractivity (Wildman–Crippen MR) is 61.1 cm³/mol. The molecule has 0 bridgehead atoms. The van der Waals surface area contributed by atoms with Crippen LogP contribution in [0.5, 0.6) is 0 Å². The van der Waals surface area contributed by atoms with Gasteiger partial charge in [-0.15, -0.1) is 0 Å². The molecule has 2 atom stereocenters. The average Bonchev–Trinajstić information content (AvgIpc) is 2.04. The summed E-state index contributed by atoms with van der Waals surface area (Å²) in [6.45, 7) is 6.94. The lowest BCUT2D eigenvalue weighted by Gasteiger charge is -2.26. The quantitative estimate of drug-likeness (QED) is 0.586. The highest BCUT2D eigenvalue weighted by atomic mass is 15.1. The van der Waals surface area contributed by atoms with Gasteiger partial charge in [-0.1, -0.05) is 40.0 Å². The first-order valence-electron chi connectivity index (χ1n) is 5.78. The van der Waals surface area contributed by atoms with E-state index in [1.165, 1.54) is 32.1 Å². The Kier molecular flexibility index (Phi) is 7.35. The van der Waals surface area contributed by atoms with E-state index < -0.39 is 0 Å². The lowest BCUT2D eigenvalue weighted by atomic mass is 9.94. The Balaban J connectivity index is 3.79. The fraction of sp³-hybridized carbons (Fsp3) is 1.00. The second-order valence-electron chi connectivity index (χ2n) is 4.54. The van der Waals surface area contributed by atoms with E-state index in [1.807, 2.05) is 0 Å². The highest BCUT2D eigenvalue weighted by Crippen LogP contribution is 2.18. The van der Waals surface area contributed by atoms with Crippen LogP contribution in [-0.2, 0) is 0 Å². The molecule has 0 aromatic heterocycles. The van der Waals surface area contributed by atoms with Gasteiger partial charge in [0.05, 0.1) is 0 Å². The molecule has 0 radical (unpaired) electrons. The Bertz CT molecular complexity index is 110. The molecular weight excluding hydrogens is 158 g/mol. The van der Waals surface area contributed by atoms with Gasteiger partial charge in [0.25, 0.3) is 0 Å². The van der Waals surface area contributed by atoms with Crippen molar-refractivity contribution in [1.29, 1.82) is 0 Å². The van der Waals surface area contributed by atoms with Crippen LogP contribution in [0.1, 0.15) is 52.9 Å². The van der Waals surface area contributed by atoms with Crippen LogP contribution >= 0.6 is 0 Å². The SMILES string of the molecule is CCCC(C)C[C@H](CCC)N(C)C. The summed E-state index contributed by atoms with van der Waals surface area (Å²) in [4.78, 5) is 2.38.